The second-order valence-corrected chi connectivity index (χ2v) is 2.88. The Morgan fingerprint density at radius 3 is 2.38 bits per heavy atom. The van der Waals surface area contributed by atoms with Gasteiger partial charge in [-0.2, -0.15) is 10.2 Å². The van der Waals surface area contributed by atoms with E-state index in [-0.39, 0.29) is 5.54 Å². The van der Waals surface area contributed by atoms with Crippen LogP contribution in [0.2, 0.25) is 0 Å². The van der Waals surface area contributed by atoms with Crippen molar-refractivity contribution in [3.63, 3.8) is 0 Å². The fraction of sp³-hybridized carbons (Fsp3) is 1.00. The summed E-state index contributed by atoms with van der Waals surface area (Å²) in [6, 6.07) is 0. The van der Waals surface area contributed by atoms with Crippen molar-refractivity contribution in [1.82, 2.24) is 0 Å². The molecule has 1 heterocycles. The summed E-state index contributed by atoms with van der Waals surface area (Å²) in [7, 11) is 0. The highest BCUT2D eigenvalue weighted by atomic mass is 15.2. The van der Waals surface area contributed by atoms with E-state index in [0.29, 0.717) is 0 Å². The molecule has 0 amide bonds. The Kier molecular flexibility index (Phi) is 1.32. The second-order valence-electron chi connectivity index (χ2n) is 2.88. The number of azo groups is 1. The number of nitrogens with zero attached hydrogens (tertiary/aromatic N) is 2. The Bertz CT molecular complexity index is 105. The molecule has 1 rings (SSSR count). The van der Waals surface area contributed by atoms with Crippen LogP contribution in [-0.2, 0) is 0 Å². The van der Waals surface area contributed by atoms with Crippen molar-refractivity contribution in [3.05, 3.63) is 0 Å². The lowest BCUT2D eigenvalue weighted by atomic mass is 9.99. The van der Waals surface area contributed by atoms with Gasteiger partial charge < -0.3 is 0 Å². The summed E-state index contributed by atoms with van der Waals surface area (Å²) in [6.45, 7) is 5.18. The molecule has 0 saturated carbocycles. The van der Waals surface area contributed by atoms with Gasteiger partial charge in [0.2, 0.25) is 0 Å². The predicted octanol–water partition coefficient (Wildman–Crippen LogP) is 2.01. The van der Waals surface area contributed by atoms with E-state index < -0.39 is 0 Å². The molecule has 0 aromatic heterocycles. The van der Waals surface area contributed by atoms with E-state index in [4.69, 9.17) is 0 Å². The first kappa shape index (κ1) is 5.73. The summed E-state index contributed by atoms with van der Waals surface area (Å²) < 4.78 is 0. The van der Waals surface area contributed by atoms with Crippen molar-refractivity contribution in [2.45, 2.75) is 32.2 Å². The molecule has 0 atom stereocenters. The minimum atomic E-state index is 0.137. The molecule has 1 aliphatic rings. The molecule has 0 aromatic rings. The van der Waals surface area contributed by atoms with Gasteiger partial charge in [-0.1, -0.05) is 0 Å². The Labute approximate surface area is 50.0 Å². The molecule has 2 nitrogen and oxygen atoms in total. The first-order valence-electron chi connectivity index (χ1n) is 3.09. The Morgan fingerprint density at radius 1 is 1.38 bits per heavy atom. The van der Waals surface area contributed by atoms with Gasteiger partial charge in [-0.05, 0) is 26.7 Å². The molecule has 0 saturated heterocycles. The van der Waals surface area contributed by atoms with Crippen molar-refractivity contribution in [3.8, 4) is 0 Å². The van der Waals surface area contributed by atoms with E-state index in [0.717, 1.165) is 6.54 Å². The van der Waals surface area contributed by atoms with Crippen LogP contribution in [0.1, 0.15) is 26.7 Å². The van der Waals surface area contributed by atoms with Crippen LogP contribution >= 0.6 is 0 Å². The van der Waals surface area contributed by atoms with Crippen LogP contribution in [-0.4, -0.2) is 12.1 Å². The Morgan fingerprint density at radius 2 is 2.12 bits per heavy atom. The van der Waals surface area contributed by atoms with Crippen LogP contribution in [0.3, 0.4) is 0 Å². The maximum atomic E-state index is 4.09. The number of rotatable bonds is 0. The molecule has 0 radical (unpaired) electrons. The van der Waals surface area contributed by atoms with E-state index >= 15 is 0 Å². The lowest BCUT2D eigenvalue weighted by Gasteiger charge is -2.20. The zero-order chi connectivity index (χ0) is 6.04. The van der Waals surface area contributed by atoms with Crippen LogP contribution in [0, 0.1) is 0 Å². The normalized spacial score (nSPS) is 25.8. The molecule has 0 aliphatic carbocycles. The standard InChI is InChI=1S/C6H12N2/c1-6(2)4-3-5-7-8-6/h3-5H2,1-2H3. The minimum Gasteiger partial charge on any atom is -0.194 e. The molecule has 0 unspecified atom stereocenters. The topological polar surface area (TPSA) is 24.7 Å². The Hall–Kier alpha value is -0.400. The third-order valence-electron chi connectivity index (χ3n) is 1.39. The summed E-state index contributed by atoms with van der Waals surface area (Å²) in [4.78, 5) is 0. The fourth-order valence-electron chi connectivity index (χ4n) is 0.874. The van der Waals surface area contributed by atoms with Gasteiger partial charge in [0.05, 0.1) is 12.1 Å². The van der Waals surface area contributed by atoms with Gasteiger partial charge >= 0.3 is 0 Å². The number of hydrogen-bond acceptors (Lipinski definition) is 2. The average Bonchev–Trinajstić information content (AvgIpc) is 1.65. The molecular formula is C6H12N2. The Balaban J connectivity index is 2.56. The molecule has 0 N–H and O–H groups in total. The molecule has 2 heteroatoms. The third-order valence-corrected chi connectivity index (χ3v) is 1.39. The highest BCUT2D eigenvalue weighted by molar-refractivity contribution is 4.78. The van der Waals surface area contributed by atoms with E-state index in [1.165, 1.54) is 12.8 Å². The lowest BCUT2D eigenvalue weighted by molar-refractivity contribution is 0.402. The van der Waals surface area contributed by atoms with Crippen LogP contribution in [0.5, 0.6) is 0 Å². The van der Waals surface area contributed by atoms with E-state index in [9.17, 15) is 0 Å². The summed E-state index contributed by atoms with van der Waals surface area (Å²) in [5.74, 6) is 0. The molecular weight excluding hydrogens is 100 g/mol. The highest BCUT2D eigenvalue weighted by Gasteiger charge is 2.17. The quantitative estimate of drug-likeness (QED) is 0.458. The summed E-state index contributed by atoms with van der Waals surface area (Å²) in [6.07, 6.45) is 2.40. The van der Waals surface area contributed by atoms with Gasteiger partial charge in [-0.25, -0.2) is 0 Å². The van der Waals surface area contributed by atoms with Crippen molar-refractivity contribution >= 4 is 0 Å². The van der Waals surface area contributed by atoms with E-state index in [1.54, 1.807) is 0 Å². The van der Waals surface area contributed by atoms with Crippen molar-refractivity contribution in [2.24, 2.45) is 10.2 Å². The summed E-state index contributed by atoms with van der Waals surface area (Å²) >= 11 is 0. The molecule has 0 spiro atoms. The molecule has 0 fully saturated rings. The van der Waals surface area contributed by atoms with E-state index in [2.05, 4.69) is 24.1 Å². The molecule has 46 valence electrons. The van der Waals surface area contributed by atoms with Crippen LogP contribution in [0.25, 0.3) is 0 Å². The van der Waals surface area contributed by atoms with Crippen LogP contribution < -0.4 is 0 Å². The first-order chi connectivity index (χ1) is 3.71. The third kappa shape index (κ3) is 1.29. The lowest BCUT2D eigenvalue weighted by Crippen LogP contribution is -2.18. The van der Waals surface area contributed by atoms with Crippen molar-refractivity contribution in [2.75, 3.05) is 6.54 Å². The summed E-state index contributed by atoms with van der Waals surface area (Å²) in [5, 5.41) is 8.04. The van der Waals surface area contributed by atoms with Gasteiger partial charge in [-0.3, -0.25) is 0 Å². The minimum absolute atomic E-state index is 0.137. The fourth-order valence-corrected chi connectivity index (χ4v) is 0.874. The van der Waals surface area contributed by atoms with E-state index in [1.807, 2.05) is 0 Å². The smallest absolute Gasteiger partial charge is 0.0760 e. The first-order valence-corrected chi connectivity index (χ1v) is 3.09. The molecule has 0 aromatic carbocycles. The van der Waals surface area contributed by atoms with Crippen LogP contribution in [0.4, 0.5) is 0 Å². The molecule has 0 bridgehead atoms. The summed E-state index contributed by atoms with van der Waals surface area (Å²) in [5.41, 5.74) is 0.137. The highest BCUT2D eigenvalue weighted by Crippen LogP contribution is 2.20. The van der Waals surface area contributed by atoms with Gasteiger partial charge in [0.25, 0.3) is 0 Å². The second kappa shape index (κ2) is 1.84. The maximum Gasteiger partial charge on any atom is 0.0760 e. The zero-order valence-corrected chi connectivity index (χ0v) is 5.52. The van der Waals surface area contributed by atoms with Crippen LogP contribution in [0.15, 0.2) is 10.2 Å². The zero-order valence-electron chi connectivity index (χ0n) is 5.52. The van der Waals surface area contributed by atoms with Gasteiger partial charge in [0.1, 0.15) is 0 Å². The SMILES string of the molecule is CC1(C)CCCN=N1. The monoisotopic (exact) mass is 112 g/mol. The van der Waals surface area contributed by atoms with Gasteiger partial charge in [0, 0.05) is 0 Å². The van der Waals surface area contributed by atoms with Gasteiger partial charge in [-0.15, -0.1) is 0 Å². The average molecular weight is 112 g/mol. The van der Waals surface area contributed by atoms with Crippen molar-refractivity contribution in [1.29, 1.82) is 0 Å². The maximum absolute atomic E-state index is 4.09. The molecule has 1 aliphatic heterocycles. The van der Waals surface area contributed by atoms with Gasteiger partial charge in [0.15, 0.2) is 0 Å². The molecule has 8 heavy (non-hydrogen) atoms. The predicted molar refractivity (Wildman–Crippen MR) is 33.0 cm³/mol. The number of hydrogen-bond donors (Lipinski definition) is 0. The van der Waals surface area contributed by atoms with Crippen molar-refractivity contribution < 1.29 is 0 Å². The largest absolute Gasteiger partial charge is 0.194 e.